The van der Waals surface area contributed by atoms with Gasteiger partial charge in [0.1, 0.15) is 5.01 Å². The maximum absolute atomic E-state index is 12.2. The topological polar surface area (TPSA) is 58.6 Å². The number of nitrogens with one attached hydrogen (secondary N) is 1. The lowest BCUT2D eigenvalue weighted by molar-refractivity contribution is 1.24. The fourth-order valence-corrected chi connectivity index (χ4v) is 3.20. The number of thiazole rings is 1. The highest BCUT2D eigenvalue weighted by Gasteiger charge is 2.09. The molecule has 0 fully saturated rings. The van der Waals surface area contributed by atoms with Crippen molar-refractivity contribution in [3.8, 4) is 22.0 Å². The van der Waals surface area contributed by atoms with Gasteiger partial charge in [-0.2, -0.15) is 0 Å². The van der Waals surface area contributed by atoms with Crippen LogP contribution in [0.5, 0.6) is 0 Å². The summed E-state index contributed by atoms with van der Waals surface area (Å²) < 4.78 is 0. The molecule has 4 nitrogen and oxygen atoms in total. The highest BCUT2D eigenvalue weighted by atomic mass is 32.1. The summed E-state index contributed by atoms with van der Waals surface area (Å²) in [5.74, 6) is 0. The Balaban J connectivity index is 1.83. The van der Waals surface area contributed by atoms with Crippen LogP contribution in [-0.4, -0.2) is 15.0 Å². The summed E-state index contributed by atoms with van der Waals surface area (Å²) in [6.45, 7) is 0. The van der Waals surface area contributed by atoms with Crippen LogP contribution in [0.3, 0.4) is 0 Å². The van der Waals surface area contributed by atoms with Gasteiger partial charge in [-0.15, -0.1) is 11.3 Å². The summed E-state index contributed by atoms with van der Waals surface area (Å²) in [4.78, 5) is 23.7. The first-order valence-electron chi connectivity index (χ1n) is 6.79. The average Bonchev–Trinajstić information content (AvgIpc) is 3.06. The first kappa shape index (κ1) is 12.9. The molecule has 0 radical (unpaired) electrons. The third-order valence-electron chi connectivity index (χ3n) is 3.46. The Morgan fingerprint density at radius 3 is 2.73 bits per heavy atom. The van der Waals surface area contributed by atoms with E-state index in [2.05, 4.69) is 15.0 Å². The van der Waals surface area contributed by atoms with E-state index in [1.807, 2.05) is 47.8 Å². The molecule has 0 aliphatic carbocycles. The summed E-state index contributed by atoms with van der Waals surface area (Å²) >= 11 is 1.55. The molecule has 4 rings (SSSR count). The number of fused-ring (bicyclic) bond motifs is 1. The molecule has 0 amide bonds. The predicted molar refractivity (Wildman–Crippen MR) is 88.9 cm³/mol. The van der Waals surface area contributed by atoms with E-state index in [0.717, 1.165) is 27.3 Å². The standard InChI is InChI=1S/C17H11N3OS/c21-16-13-4-2-1-3-12(13)9-14(19-16)15-10-22-17(20-15)11-5-7-18-8-6-11/h1-10H,(H,19,21). The van der Waals surface area contributed by atoms with Crippen LogP contribution in [-0.2, 0) is 0 Å². The highest BCUT2D eigenvalue weighted by molar-refractivity contribution is 7.13. The lowest BCUT2D eigenvalue weighted by atomic mass is 10.1. The van der Waals surface area contributed by atoms with E-state index in [1.54, 1.807) is 23.7 Å². The fourth-order valence-electron chi connectivity index (χ4n) is 2.37. The minimum absolute atomic E-state index is 0.0911. The molecule has 0 bridgehead atoms. The van der Waals surface area contributed by atoms with E-state index in [1.165, 1.54) is 0 Å². The van der Waals surface area contributed by atoms with Gasteiger partial charge in [-0.3, -0.25) is 9.78 Å². The Morgan fingerprint density at radius 2 is 1.86 bits per heavy atom. The maximum Gasteiger partial charge on any atom is 0.256 e. The van der Waals surface area contributed by atoms with Gasteiger partial charge in [0.15, 0.2) is 0 Å². The van der Waals surface area contributed by atoms with Crippen LogP contribution < -0.4 is 5.56 Å². The van der Waals surface area contributed by atoms with Crippen LogP contribution in [0.2, 0.25) is 0 Å². The first-order valence-corrected chi connectivity index (χ1v) is 7.67. The lowest BCUT2D eigenvalue weighted by Crippen LogP contribution is -2.07. The summed E-state index contributed by atoms with van der Waals surface area (Å²) in [5.41, 5.74) is 2.45. The number of aromatic amines is 1. The molecular weight excluding hydrogens is 294 g/mol. The molecule has 0 saturated carbocycles. The lowest BCUT2D eigenvalue weighted by Gasteiger charge is -2.01. The molecule has 0 spiro atoms. The third-order valence-corrected chi connectivity index (χ3v) is 4.35. The molecule has 22 heavy (non-hydrogen) atoms. The second-order valence-electron chi connectivity index (χ2n) is 4.87. The summed E-state index contributed by atoms with van der Waals surface area (Å²) in [5, 5.41) is 4.47. The number of pyridine rings is 2. The van der Waals surface area contributed by atoms with Gasteiger partial charge in [0.25, 0.3) is 5.56 Å². The molecule has 106 valence electrons. The molecule has 1 N–H and O–H groups in total. The Kier molecular flexibility index (Phi) is 3.05. The van der Waals surface area contributed by atoms with Crippen molar-refractivity contribution in [2.75, 3.05) is 0 Å². The van der Waals surface area contributed by atoms with Gasteiger partial charge in [0.2, 0.25) is 0 Å². The van der Waals surface area contributed by atoms with E-state index < -0.39 is 0 Å². The van der Waals surface area contributed by atoms with Crippen LogP contribution >= 0.6 is 11.3 Å². The van der Waals surface area contributed by atoms with E-state index >= 15 is 0 Å². The minimum atomic E-state index is -0.0911. The molecule has 0 saturated heterocycles. The number of aromatic nitrogens is 3. The van der Waals surface area contributed by atoms with Crippen LogP contribution in [0.25, 0.3) is 32.7 Å². The molecule has 0 aliphatic heterocycles. The van der Waals surface area contributed by atoms with Crippen molar-refractivity contribution in [1.29, 1.82) is 0 Å². The van der Waals surface area contributed by atoms with Crippen molar-refractivity contribution in [3.05, 3.63) is 70.6 Å². The Labute approximate surface area is 130 Å². The SMILES string of the molecule is O=c1[nH]c(-c2csc(-c3ccncc3)n2)cc2ccccc12. The number of hydrogen-bond donors (Lipinski definition) is 1. The van der Waals surface area contributed by atoms with Gasteiger partial charge < -0.3 is 4.98 Å². The van der Waals surface area contributed by atoms with Gasteiger partial charge in [-0.05, 0) is 29.7 Å². The molecule has 3 heterocycles. The van der Waals surface area contributed by atoms with Crippen molar-refractivity contribution in [3.63, 3.8) is 0 Å². The molecule has 0 atom stereocenters. The number of benzene rings is 1. The van der Waals surface area contributed by atoms with E-state index in [4.69, 9.17) is 0 Å². The Bertz CT molecular complexity index is 1010. The number of nitrogens with zero attached hydrogens (tertiary/aromatic N) is 2. The second-order valence-corrected chi connectivity index (χ2v) is 5.73. The monoisotopic (exact) mass is 305 g/mol. The number of rotatable bonds is 2. The summed E-state index contributed by atoms with van der Waals surface area (Å²) in [6.07, 6.45) is 3.49. The molecule has 3 aromatic heterocycles. The normalized spacial score (nSPS) is 10.9. The van der Waals surface area contributed by atoms with E-state index in [-0.39, 0.29) is 5.56 Å². The van der Waals surface area contributed by atoms with Crippen LogP contribution in [0, 0.1) is 0 Å². The van der Waals surface area contributed by atoms with Crippen molar-refractivity contribution >= 4 is 22.1 Å². The average molecular weight is 305 g/mol. The van der Waals surface area contributed by atoms with Gasteiger partial charge in [-0.25, -0.2) is 4.98 Å². The smallest absolute Gasteiger partial charge is 0.256 e. The molecule has 1 aromatic carbocycles. The Hall–Kier alpha value is -2.79. The molecular formula is C17H11N3OS. The zero-order chi connectivity index (χ0) is 14.9. The van der Waals surface area contributed by atoms with E-state index in [0.29, 0.717) is 5.39 Å². The number of H-pyrrole nitrogens is 1. The van der Waals surface area contributed by atoms with Crippen LogP contribution in [0.4, 0.5) is 0 Å². The zero-order valence-electron chi connectivity index (χ0n) is 11.5. The maximum atomic E-state index is 12.2. The second kappa shape index (κ2) is 5.20. The first-order chi connectivity index (χ1) is 10.8. The van der Waals surface area contributed by atoms with Crippen LogP contribution in [0.15, 0.2) is 65.0 Å². The summed E-state index contributed by atoms with van der Waals surface area (Å²) in [7, 11) is 0. The van der Waals surface area contributed by atoms with Crippen molar-refractivity contribution in [2.24, 2.45) is 0 Å². The Morgan fingerprint density at radius 1 is 1.05 bits per heavy atom. The minimum Gasteiger partial charge on any atom is -0.320 e. The van der Waals surface area contributed by atoms with Gasteiger partial charge in [0, 0.05) is 28.7 Å². The zero-order valence-corrected chi connectivity index (χ0v) is 12.3. The molecule has 5 heteroatoms. The predicted octanol–water partition coefficient (Wildman–Crippen LogP) is 3.71. The largest absolute Gasteiger partial charge is 0.320 e. The van der Waals surface area contributed by atoms with Crippen LogP contribution in [0.1, 0.15) is 0 Å². The molecule has 0 unspecified atom stereocenters. The van der Waals surface area contributed by atoms with Crippen molar-refractivity contribution in [2.45, 2.75) is 0 Å². The molecule has 0 aliphatic rings. The van der Waals surface area contributed by atoms with Gasteiger partial charge >= 0.3 is 0 Å². The van der Waals surface area contributed by atoms with Crippen molar-refractivity contribution in [1.82, 2.24) is 15.0 Å². The van der Waals surface area contributed by atoms with Crippen molar-refractivity contribution < 1.29 is 0 Å². The van der Waals surface area contributed by atoms with E-state index in [9.17, 15) is 4.79 Å². The number of hydrogen-bond acceptors (Lipinski definition) is 4. The fraction of sp³-hybridized carbons (Fsp3) is 0. The quantitative estimate of drug-likeness (QED) is 0.614. The third kappa shape index (κ3) is 2.21. The van der Waals surface area contributed by atoms with Gasteiger partial charge in [0.05, 0.1) is 11.4 Å². The highest BCUT2D eigenvalue weighted by Crippen LogP contribution is 2.28. The molecule has 4 aromatic rings. The van der Waals surface area contributed by atoms with Gasteiger partial charge in [-0.1, -0.05) is 18.2 Å². The summed E-state index contributed by atoms with van der Waals surface area (Å²) in [6, 6.07) is 13.3.